The third-order valence-electron chi connectivity index (χ3n) is 14.9. The fourth-order valence-electron chi connectivity index (χ4n) is 10.8. The van der Waals surface area contributed by atoms with E-state index in [1.54, 1.807) is 30.3 Å². The standard InChI is InChI=1S/C56H69N7O18/c1-26(2)18-34(62-55(77)36-15-11-17-63(36)41(68)24-57-29(5)65)53(75)58-23-40(67)60-35(19-30-12-8-7-9-13-30)54(76)59-27(3)52(74)61-33-20-42(80-28(4)47(33)69)81-38-22-56(78,39(66)25-64)21-32-44(38)51(73)46-45(49(32)71)48(70)31-14-10-16-37(79-6)43(31)50(46)72/h7-10,12-14,16,26-28,33-36,38,42,47,64,69,71,73,78H,11,15,17-25H2,1-6H3,(H,57,65)(H,58,75)(H,59,76)(H,60,67)(H,61,74)(H,62,77)/t27-,28-,33-,34-,35-,36-,38-,42-,47+,56-/m0/s1. The molecule has 0 saturated carbocycles. The van der Waals surface area contributed by atoms with Crippen molar-refractivity contribution in [2.24, 2.45) is 5.92 Å². The largest absolute Gasteiger partial charge is 0.507 e. The van der Waals surface area contributed by atoms with Gasteiger partial charge in [0, 0.05) is 55.8 Å². The highest BCUT2D eigenvalue weighted by atomic mass is 16.7. The number of amides is 7. The molecule has 25 nitrogen and oxygen atoms in total. The van der Waals surface area contributed by atoms with E-state index in [2.05, 4.69) is 31.9 Å². The van der Waals surface area contributed by atoms with Crippen LogP contribution in [0.3, 0.4) is 0 Å². The lowest BCUT2D eigenvalue weighted by molar-refractivity contribution is -0.249. The number of ether oxygens (including phenoxy) is 3. The van der Waals surface area contributed by atoms with Crippen LogP contribution in [0.15, 0.2) is 48.5 Å². The Kier molecular flexibility index (Phi) is 19.3. The number of carbonyl (C=O) groups excluding carboxylic acids is 10. The predicted molar refractivity (Wildman–Crippen MR) is 283 cm³/mol. The Morgan fingerprint density at radius 3 is 2.21 bits per heavy atom. The summed E-state index contributed by atoms with van der Waals surface area (Å²) in [5.74, 6) is -9.12. The van der Waals surface area contributed by atoms with Gasteiger partial charge < -0.3 is 76.5 Å². The molecule has 2 fully saturated rings. The summed E-state index contributed by atoms with van der Waals surface area (Å²) in [6.07, 6.45) is -6.26. The maximum absolute atomic E-state index is 14.1. The molecule has 3 aromatic rings. The third-order valence-corrected chi connectivity index (χ3v) is 14.9. The molecular formula is C56H69N7O18. The van der Waals surface area contributed by atoms with Gasteiger partial charge in [-0.15, -0.1) is 0 Å². The van der Waals surface area contributed by atoms with Gasteiger partial charge in [0.15, 0.2) is 17.9 Å². The second-order valence-corrected chi connectivity index (χ2v) is 21.2. The monoisotopic (exact) mass is 1130 g/mol. The van der Waals surface area contributed by atoms with Gasteiger partial charge in [-0.1, -0.05) is 56.3 Å². The number of phenols is 2. The normalized spacial score (nSPS) is 23.1. The number of nitrogens with one attached hydrogen (secondary N) is 6. The molecule has 0 spiro atoms. The van der Waals surface area contributed by atoms with Crippen molar-refractivity contribution < 1.29 is 87.7 Å². The highest BCUT2D eigenvalue weighted by molar-refractivity contribution is 6.31. The average Bonchev–Trinajstić information content (AvgIpc) is 4.05. The van der Waals surface area contributed by atoms with E-state index < -0.39 is 168 Å². The first kappa shape index (κ1) is 60.8. The minimum Gasteiger partial charge on any atom is -0.507 e. The molecule has 7 rings (SSSR count). The van der Waals surface area contributed by atoms with Crippen LogP contribution in [0.1, 0.15) is 121 Å². The van der Waals surface area contributed by atoms with Gasteiger partial charge in [-0.2, -0.15) is 0 Å². The Labute approximate surface area is 465 Å². The number of benzene rings is 3. The molecule has 3 aromatic carbocycles. The van der Waals surface area contributed by atoms with E-state index in [1.165, 1.54) is 51.0 Å². The number of carbonyl (C=O) groups is 10. The van der Waals surface area contributed by atoms with Crippen molar-refractivity contribution in [3.63, 3.8) is 0 Å². The lowest BCUT2D eigenvalue weighted by atomic mass is 9.72. The van der Waals surface area contributed by atoms with E-state index >= 15 is 0 Å². The molecule has 81 heavy (non-hydrogen) atoms. The molecule has 436 valence electrons. The quantitative estimate of drug-likeness (QED) is 0.0453. The lowest BCUT2D eigenvalue weighted by Gasteiger charge is -2.43. The number of nitrogens with zero attached hydrogens (tertiary/aromatic N) is 1. The van der Waals surface area contributed by atoms with Crippen molar-refractivity contribution in [1.29, 1.82) is 0 Å². The first-order chi connectivity index (χ1) is 38.4. The zero-order chi connectivity index (χ0) is 59.2. The molecular weight excluding hydrogens is 1060 g/mol. The minimum absolute atomic E-state index is 0.00894. The molecule has 2 heterocycles. The van der Waals surface area contributed by atoms with Crippen molar-refractivity contribution >= 4 is 58.7 Å². The summed E-state index contributed by atoms with van der Waals surface area (Å²) in [5, 5.41) is 72.2. The van der Waals surface area contributed by atoms with E-state index in [0.29, 0.717) is 18.4 Å². The number of fused-ring (bicyclic) bond motifs is 3. The number of phenolic OH excluding ortho intramolecular Hbond substituents is 2. The van der Waals surface area contributed by atoms with Crippen molar-refractivity contribution in [2.75, 3.05) is 33.4 Å². The van der Waals surface area contributed by atoms with E-state index in [0.717, 1.165) is 0 Å². The summed E-state index contributed by atoms with van der Waals surface area (Å²) >= 11 is 0. The van der Waals surface area contributed by atoms with Crippen LogP contribution in [-0.4, -0.2) is 177 Å². The number of ketones is 3. The summed E-state index contributed by atoms with van der Waals surface area (Å²) < 4.78 is 17.6. The number of aliphatic hydroxyl groups is 3. The van der Waals surface area contributed by atoms with Crippen molar-refractivity contribution in [3.05, 3.63) is 87.5 Å². The van der Waals surface area contributed by atoms with E-state index in [-0.39, 0.29) is 66.3 Å². The van der Waals surface area contributed by atoms with Crippen LogP contribution in [-0.2, 0) is 60.7 Å². The van der Waals surface area contributed by atoms with Crippen molar-refractivity contribution in [3.8, 4) is 17.2 Å². The summed E-state index contributed by atoms with van der Waals surface area (Å²) in [6, 6.07) is 7.01. The molecule has 4 aliphatic rings. The number of aromatic hydroxyl groups is 2. The summed E-state index contributed by atoms with van der Waals surface area (Å²) in [4.78, 5) is 135. The van der Waals surface area contributed by atoms with Gasteiger partial charge in [-0.3, -0.25) is 47.9 Å². The average molecular weight is 1130 g/mol. The smallest absolute Gasteiger partial charge is 0.243 e. The maximum atomic E-state index is 14.1. The van der Waals surface area contributed by atoms with Crippen LogP contribution >= 0.6 is 0 Å². The van der Waals surface area contributed by atoms with Gasteiger partial charge in [0.1, 0.15) is 59.7 Å². The zero-order valence-corrected chi connectivity index (χ0v) is 45.7. The van der Waals surface area contributed by atoms with Gasteiger partial charge in [0.05, 0.1) is 55.1 Å². The van der Waals surface area contributed by atoms with Crippen LogP contribution in [0.25, 0.3) is 0 Å². The van der Waals surface area contributed by atoms with Gasteiger partial charge in [-0.05, 0) is 50.7 Å². The Morgan fingerprint density at radius 1 is 0.840 bits per heavy atom. The Morgan fingerprint density at radius 2 is 1.54 bits per heavy atom. The molecule has 0 radical (unpaired) electrons. The van der Waals surface area contributed by atoms with Crippen LogP contribution in [0.5, 0.6) is 17.2 Å². The number of likely N-dealkylation sites (tertiary alicyclic amines) is 1. The van der Waals surface area contributed by atoms with Crippen LogP contribution in [0.2, 0.25) is 0 Å². The highest BCUT2D eigenvalue weighted by Gasteiger charge is 2.51. The maximum Gasteiger partial charge on any atom is 0.243 e. The molecule has 2 aliphatic carbocycles. The summed E-state index contributed by atoms with van der Waals surface area (Å²) in [7, 11) is 1.28. The van der Waals surface area contributed by atoms with Crippen molar-refractivity contribution in [2.45, 2.75) is 140 Å². The zero-order valence-electron chi connectivity index (χ0n) is 45.7. The number of Topliss-reactive ketones (excluding diaryl/α,β-unsaturated/α-hetero) is 1. The fourth-order valence-corrected chi connectivity index (χ4v) is 10.8. The summed E-state index contributed by atoms with van der Waals surface area (Å²) in [6.45, 7) is 5.93. The minimum atomic E-state index is -2.45. The summed E-state index contributed by atoms with van der Waals surface area (Å²) in [5.41, 5.74) is -3.94. The van der Waals surface area contributed by atoms with Gasteiger partial charge in [-0.25, -0.2) is 0 Å². The van der Waals surface area contributed by atoms with Crippen molar-refractivity contribution in [1.82, 2.24) is 36.8 Å². The Balaban J connectivity index is 1.02. The molecule has 10 atom stereocenters. The SMILES string of the molecule is COc1cccc2c1C(=O)c1c(O)c3c(c(O)c1C2=O)C[C@@](O)(C(=O)CO)C[C@@H]3O[C@H]1C[C@H](NC(=O)[C@H](C)NC(=O)[C@H](Cc2ccccc2)NC(=O)CNC(=O)[C@H](CC(C)C)NC(=O)[C@@H]2CCCN2C(=O)CNC(C)=O)[C@H](O)[C@H](C)O1. The number of rotatable bonds is 21. The second-order valence-electron chi connectivity index (χ2n) is 21.2. The molecule has 7 amide bonds. The van der Waals surface area contributed by atoms with E-state index in [1.807, 2.05) is 13.8 Å². The molecule has 11 N–H and O–H groups in total. The number of hydrogen-bond acceptors (Lipinski definition) is 18. The first-order valence-corrected chi connectivity index (χ1v) is 26.7. The first-order valence-electron chi connectivity index (χ1n) is 26.7. The van der Waals surface area contributed by atoms with Crippen LogP contribution in [0, 0.1) is 5.92 Å². The van der Waals surface area contributed by atoms with Gasteiger partial charge >= 0.3 is 0 Å². The van der Waals surface area contributed by atoms with Crippen LogP contribution in [0.4, 0.5) is 0 Å². The third kappa shape index (κ3) is 13.5. The number of aliphatic hydroxyl groups excluding tert-OH is 2. The van der Waals surface area contributed by atoms with Gasteiger partial charge in [0.2, 0.25) is 47.1 Å². The molecule has 0 aromatic heterocycles. The number of hydrogen-bond donors (Lipinski definition) is 11. The molecule has 2 saturated heterocycles. The van der Waals surface area contributed by atoms with E-state index in [9.17, 15) is 73.5 Å². The molecule has 25 heteroatoms. The predicted octanol–water partition coefficient (Wildman–Crippen LogP) is -0.835. The lowest BCUT2D eigenvalue weighted by Crippen LogP contribution is -2.60. The van der Waals surface area contributed by atoms with E-state index in [4.69, 9.17) is 14.2 Å². The number of methoxy groups -OCH3 is 1. The Hall–Kier alpha value is -7.84. The topological polar surface area (TPSA) is 375 Å². The molecule has 2 aliphatic heterocycles. The fraction of sp³-hybridized carbons (Fsp3) is 0.500. The molecule has 0 bridgehead atoms. The van der Waals surface area contributed by atoms with Crippen LogP contribution < -0.4 is 36.6 Å². The Bertz CT molecular complexity index is 2970. The van der Waals surface area contributed by atoms with Gasteiger partial charge in [0.25, 0.3) is 0 Å². The second kappa shape index (κ2) is 25.7. The highest BCUT2D eigenvalue weighted by Crippen LogP contribution is 2.52. The molecule has 0 unspecified atom stereocenters.